The minimum Gasteiger partial charge on any atom is -0.497 e. The van der Waals surface area contributed by atoms with Crippen LogP contribution in [0.2, 0.25) is 0 Å². The average Bonchev–Trinajstić information content (AvgIpc) is 2.93. The van der Waals surface area contributed by atoms with Crippen molar-refractivity contribution in [2.24, 2.45) is 16.1 Å². The van der Waals surface area contributed by atoms with E-state index in [1.807, 2.05) is 6.92 Å². The average molecular weight is 376 g/mol. The fraction of sp³-hybridized carbons (Fsp3) is 0.444. The van der Waals surface area contributed by atoms with Gasteiger partial charge >= 0.3 is 0 Å². The summed E-state index contributed by atoms with van der Waals surface area (Å²) in [6.45, 7) is 6.12. The summed E-state index contributed by atoms with van der Waals surface area (Å²) in [4.78, 5) is 24.2. The molecule has 1 aliphatic rings. The molecular weight excluding hydrogens is 352 g/mol. The van der Waals surface area contributed by atoms with E-state index in [2.05, 4.69) is 34.7 Å². The predicted octanol–water partition coefficient (Wildman–Crippen LogP) is 3.03. The number of ether oxygens (including phenoxy) is 1. The molecule has 2 rings (SSSR count). The topological polar surface area (TPSA) is 92.2 Å². The van der Waals surface area contributed by atoms with E-state index in [9.17, 15) is 9.59 Å². The van der Waals surface area contributed by atoms with Crippen LogP contribution in [0.1, 0.15) is 33.6 Å². The van der Waals surface area contributed by atoms with Crippen LogP contribution in [0.25, 0.3) is 0 Å². The molecule has 1 aliphatic heterocycles. The summed E-state index contributed by atoms with van der Waals surface area (Å²) in [6, 6.07) is 7.01. The Balaban J connectivity index is 1.89. The van der Waals surface area contributed by atoms with Gasteiger partial charge in [0.15, 0.2) is 5.17 Å². The first-order valence-electron chi connectivity index (χ1n) is 8.40. The zero-order valence-electron chi connectivity index (χ0n) is 15.4. The van der Waals surface area contributed by atoms with Gasteiger partial charge in [-0.05, 0) is 43.5 Å². The summed E-state index contributed by atoms with van der Waals surface area (Å²) in [5.41, 5.74) is 1.56. The van der Waals surface area contributed by atoms with Gasteiger partial charge in [0.1, 0.15) is 11.0 Å². The lowest BCUT2D eigenvalue weighted by Gasteiger charge is -2.08. The molecular formula is C18H24N4O3S. The third-order valence-electron chi connectivity index (χ3n) is 3.54. The zero-order chi connectivity index (χ0) is 19.1. The molecule has 0 radical (unpaired) electrons. The number of hydrogen-bond donors (Lipinski definition) is 2. The molecule has 2 amide bonds. The van der Waals surface area contributed by atoms with E-state index in [1.54, 1.807) is 31.4 Å². The van der Waals surface area contributed by atoms with Crippen LogP contribution >= 0.6 is 11.8 Å². The third-order valence-corrected chi connectivity index (χ3v) is 4.61. The highest BCUT2D eigenvalue weighted by atomic mass is 32.2. The molecule has 26 heavy (non-hydrogen) atoms. The molecule has 1 heterocycles. The summed E-state index contributed by atoms with van der Waals surface area (Å²) >= 11 is 1.23. The highest BCUT2D eigenvalue weighted by Crippen LogP contribution is 2.23. The molecule has 0 bridgehead atoms. The summed E-state index contributed by atoms with van der Waals surface area (Å²) in [7, 11) is 1.58. The largest absolute Gasteiger partial charge is 0.497 e. The van der Waals surface area contributed by atoms with Gasteiger partial charge in [0.2, 0.25) is 11.8 Å². The normalized spacial score (nSPS) is 19.0. The number of carbonyl (C=O) groups excluding carboxylic acids is 2. The second kappa shape index (κ2) is 9.38. The maximum Gasteiger partial charge on any atom is 0.240 e. The minimum atomic E-state index is -0.507. The molecule has 1 atom stereocenters. The summed E-state index contributed by atoms with van der Waals surface area (Å²) < 4.78 is 5.08. The van der Waals surface area contributed by atoms with Crippen molar-refractivity contribution in [3.8, 4) is 5.75 Å². The van der Waals surface area contributed by atoms with Gasteiger partial charge in [0, 0.05) is 17.8 Å². The first-order valence-corrected chi connectivity index (χ1v) is 9.28. The smallest absolute Gasteiger partial charge is 0.240 e. The fourth-order valence-electron chi connectivity index (χ4n) is 2.40. The number of methoxy groups -OCH3 is 1. The molecule has 0 aliphatic carbocycles. The molecule has 0 aromatic heterocycles. The lowest BCUT2D eigenvalue weighted by molar-refractivity contribution is -0.122. The number of nitrogens with one attached hydrogen (secondary N) is 2. The SMILES string of the molecule is COc1ccc(NC(=O)C[C@H]2SC(=NN=C(C)CC(C)C)NC2=O)cc1. The predicted molar refractivity (Wildman–Crippen MR) is 106 cm³/mol. The molecule has 1 saturated heterocycles. The Hall–Kier alpha value is -2.35. The number of rotatable bonds is 7. The van der Waals surface area contributed by atoms with E-state index >= 15 is 0 Å². The van der Waals surface area contributed by atoms with E-state index < -0.39 is 5.25 Å². The maximum atomic E-state index is 12.2. The van der Waals surface area contributed by atoms with E-state index in [0.29, 0.717) is 22.5 Å². The molecule has 0 unspecified atom stereocenters. The van der Waals surface area contributed by atoms with Crippen molar-refractivity contribution in [3.63, 3.8) is 0 Å². The van der Waals surface area contributed by atoms with Gasteiger partial charge in [-0.1, -0.05) is 25.6 Å². The number of amidine groups is 1. The maximum absolute atomic E-state index is 12.2. The molecule has 8 heteroatoms. The van der Waals surface area contributed by atoms with Crippen molar-refractivity contribution in [2.45, 2.75) is 38.9 Å². The van der Waals surface area contributed by atoms with Crippen molar-refractivity contribution >= 4 is 40.1 Å². The van der Waals surface area contributed by atoms with Gasteiger partial charge in [-0.25, -0.2) is 0 Å². The molecule has 7 nitrogen and oxygen atoms in total. The summed E-state index contributed by atoms with van der Waals surface area (Å²) in [5, 5.41) is 13.6. The highest BCUT2D eigenvalue weighted by molar-refractivity contribution is 8.15. The number of amides is 2. The first-order chi connectivity index (χ1) is 12.4. The zero-order valence-corrected chi connectivity index (χ0v) is 16.2. The Morgan fingerprint density at radius 1 is 1.35 bits per heavy atom. The first kappa shape index (κ1) is 20.0. The molecule has 0 spiro atoms. The monoisotopic (exact) mass is 376 g/mol. The van der Waals surface area contributed by atoms with Crippen LogP contribution in [0.15, 0.2) is 34.5 Å². The second-order valence-corrected chi connectivity index (χ2v) is 7.61. The van der Waals surface area contributed by atoms with E-state index in [-0.39, 0.29) is 18.2 Å². The number of anilines is 1. The third kappa shape index (κ3) is 6.18. The fourth-order valence-corrected chi connectivity index (χ4v) is 3.32. The molecule has 2 N–H and O–H groups in total. The van der Waals surface area contributed by atoms with Crippen LogP contribution in [0, 0.1) is 5.92 Å². The van der Waals surface area contributed by atoms with Gasteiger partial charge in [-0.15, -0.1) is 5.10 Å². The van der Waals surface area contributed by atoms with Crippen molar-refractivity contribution in [1.29, 1.82) is 0 Å². The van der Waals surface area contributed by atoms with Crippen LogP contribution in [0.3, 0.4) is 0 Å². The second-order valence-electron chi connectivity index (χ2n) is 6.41. The number of thioether (sulfide) groups is 1. The Bertz CT molecular complexity index is 714. The van der Waals surface area contributed by atoms with Gasteiger partial charge in [-0.2, -0.15) is 5.10 Å². The van der Waals surface area contributed by atoms with Gasteiger partial charge in [0.25, 0.3) is 0 Å². The van der Waals surface area contributed by atoms with Gasteiger partial charge in [-0.3, -0.25) is 9.59 Å². The highest BCUT2D eigenvalue weighted by Gasteiger charge is 2.32. The molecule has 1 fully saturated rings. The minimum absolute atomic E-state index is 0.0657. The Morgan fingerprint density at radius 3 is 2.65 bits per heavy atom. The molecule has 1 aromatic carbocycles. The van der Waals surface area contributed by atoms with Crippen LogP contribution in [0.5, 0.6) is 5.75 Å². The van der Waals surface area contributed by atoms with Crippen molar-refractivity contribution in [3.05, 3.63) is 24.3 Å². The Morgan fingerprint density at radius 2 is 2.04 bits per heavy atom. The summed E-state index contributed by atoms with van der Waals surface area (Å²) in [5.74, 6) is 0.751. The number of nitrogens with zero attached hydrogens (tertiary/aromatic N) is 2. The number of hydrogen-bond acceptors (Lipinski definition) is 6. The lowest BCUT2D eigenvalue weighted by Crippen LogP contribution is -2.28. The van der Waals surface area contributed by atoms with Crippen molar-refractivity contribution in [2.75, 3.05) is 12.4 Å². The van der Waals surface area contributed by atoms with Crippen LogP contribution in [0.4, 0.5) is 5.69 Å². The van der Waals surface area contributed by atoms with Crippen molar-refractivity contribution < 1.29 is 14.3 Å². The van der Waals surface area contributed by atoms with Crippen LogP contribution in [-0.2, 0) is 9.59 Å². The van der Waals surface area contributed by atoms with Crippen LogP contribution < -0.4 is 15.4 Å². The van der Waals surface area contributed by atoms with Crippen LogP contribution in [-0.4, -0.2) is 35.1 Å². The summed E-state index contributed by atoms with van der Waals surface area (Å²) in [6.07, 6.45) is 0.916. The van der Waals surface area contributed by atoms with E-state index in [1.165, 1.54) is 11.8 Å². The van der Waals surface area contributed by atoms with E-state index in [4.69, 9.17) is 4.74 Å². The standard InChI is InChI=1S/C18H24N4O3S/c1-11(2)9-12(3)21-22-18-20-17(24)15(26-18)10-16(23)19-13-5-7-14(25-4)8-6-13/h5-8,11,15H,9-10H2,1-4H3,(H,19,23)(H,20,22,24)/t15-/m1/s1. The van der Waals surface area contributed by atoms with Gasteiger partial charge < -0.3 is 15.4 Å². The molecule has 0 saturated carbocycles. The van der Waals surface area contributed by atoms with E-state index in [0.717, 1.165) is 12.1 Å². The Labute approximate surface area is 157 Å². The molecule has 1 aromatic rings. The lowest BCUT2D eigenvalue weighted by atomic mass is 10.1. The quantitative estimate of drug-likeness (QED) is 0.565. The Kier molecular flexibility index (Phi) is 7.20. The number of carbonyl (C=O) groups is 2. The van der Waals surface area contributed by atoms with Crippen molar-refractivity contribution in [1.82, 2.24) is 5.32 Å². The number of benzene rings is 1. The van der Waals surface area contributed by atoms with Gasteiger partial charge in [0.05, 0.1) is 7.11 Å². The molecule has 140 valence electrons.